The highest BCUT2D eigenvalue weighted by Gasteiger charge is 2.26. The monoisotopic (exact) mass is 209 g/mol. The number of nitrogens with zero attached hydrogens (tertiary/aromatic N) is 1. The third kappa shape index (κ3) is 1.61. The van der Waals surface area contributed by atoms with Crippen molar-refractivity contribution in [1.82, 2.24) is 4.98 Å². The minimum Gasteiger partial charge on any atom is -0.292 e. The molecule has 2 rings (SSSR count). The van der Waals surface area contributed by atoms with Gasteiger partial charge in [-0.25, -0.2) is 4.98 Å². The van der Waals surface area contributed by atoms with Crippen LogP contribution in [0.3, 0.4) is 0 Å². The van der Waals surface area contributed by atoms with Crippen molar-refractivity contribution >= 4 is 17.1 Å². The van der Waals surface area contributed by atoms with Crippen LogP contribution in [0.2, 0.25) is 0 Å². The molecule has 0 aromatic carbocycles. The molecule has 3 heteroatoms. The summed E-state index contributed by atoms with van der Waals surface area (Å²) in [5.41, 5.74) is 0.827. The summed E-state index contributed by atoms with van der Waals surface area (Å²) in [4.78, 5) is 17.2. The highest BCUT2D eigenvalue weighted by molar-refractivity contribution is 7.12. The SMILES string of the molecule is CC(C)(C)c1nc2c(s1)CCCC2=O. The minimum atomic E-state index is 0.0717. The van der Waals surface area contributed by atoms with E-state index in [0.29, 0.717) is 6.42 Å². The zero-order valence-corrected chi connectivity index (χ0v) is 9.70. The molecule has 0 fully saturated rings. The number of aromatic nitrogens is 1. The smallest absolute Gasteiger partial charge is 0.182 e. The van der Waals surface area contributed by atoms with Crippen molar-refractivity contribution in [2.75, 3.05) is 0 Å². The minimum absolute atomic E-state index is 0.0717. The Morgan fingerprint density at radius 3 is 2.57 bits per heavy atom. The largest absolute Gasteiger partial charge is 0.292 e. The summed E-state index contributed by atoms with van der Waals surface area (Å²) in [5.74, 6) is 0.234. The van der Waals surface area contributed by atoms with Gasteiger partial charge < -0.3 is 0 Å². The summed E-state index contributed by atoms with van der Waals surface area (Å²) in [7, 11) is 0. The van der Waals surface area contributed by atoms with Crippen molar-refractivity contribution in [1.29, 1.82) is 0 Å². The molecule has 0 aliphatic heterocycles. The van der Waals surface area contributed by atoms with Gasteiger partial charge in [-0.05, 0) is 12.8 Å². The van der Waals surface area contributed by atoms with Gasteiger partial charge in [0.05, 0.1) is 5.01 Å². The van der Waals surface area contributed by atoms with Gasteiger partial charge in [0.2, 0.25) is 0 Å². The summed E-state index contributed by atoms with van der Waals surface area (Å²) in [6.45, 7) is 6.42. The van der Waals surface area contributed by atoms with E-state index in [0.717, 1.165) is 23.5 Å². The first-order chi connectivity index (χ1) is 6.48. The Balaban J connectivity index is 2.45. The Morgan fingerprint density at radius 2 is 2.00 bits per heavy atom. The second kappa shape index (κ2) is 3.16. The van der Waals surface area contributed by atoms with Crippen LogP contribution in [0.4, 0.5) is 0 Å². The van der Waals surface area contributed by atoms with Crippen LogP contribution in [-0.4, -0.2) is 10.8 Å². The van der Waals surface area contributed by atoms with Gasteiger partial charge in [0.1, 0.15) is 5.69 Å². The molecule has 0 saturated carbocycles. The first-order valence-corrected chi connectivity index (χ1v) is 5.83. The lowest BCUT2D eigenvalue weighted by Gasteiger charge is -2.13. The number of aryl methyl sites for hydroxylation is 1. The Bertz CT molecular complexity index is 373. The number of ketones is 1. The number of hydrogen-bond donors (Lipinski definition) is 0. The van der Waals surface area contributed by atoms with E-state index in [1.54, 1.807) is 11.3 Å². The van der Waals surface area contributed by atoms with Crippen LogP contribution in [0.1, 0.15) is 54.0 Å². The molecule has 14 heavy (non-hydrogen) atoms. The fourth-order valence-corrected chi connectivity index (χ4v) is 2.77. The zero-order valence-electron chi connectivity index (χ0n) is 8.89. The Kier molecular flexibility index (Phi) is 2.22. The molecule has 2 nitrogen and oxygen atoms in total. The highest BCUT2D eigenvalue weighted by Crippen LogP contribution is 2.33. The van der Waals surface area contributed by atoms with Crippen LogP contribution < -0.4 is 0 Å². The number of thiazole rings is 1. The highest BCUT2D eigenvalue weighted by atomic mass is 32.1. The fraction of sp³-hybridized carbons (Fsp3) is 0.636. The van der Waals surface area contributed by atoms with E-state index >= 15 is 0 Å². The second-order valence-electron chi connectivity index (χ2n) is 4.82. The van der Waals surface area contributed by atoms with Gasteiger partial charge in [0, 0.05) is 16.7 Å². The van der Waals surface area contributed by atoms with Crippen LogP contribution in [0.5, 0.6) is 0 Å². The first-order valence-electron chi connectivity index (χ1n) is 5.02. The van der Waals surface area contributed by atoms with E-state index in [9.17, 15) is 4.79 Å². The van der Waals surface area contributed by atoms with Gasteiger partial charge in [-0.2, -0.15) is 0 Å². The van der Waals surface area contributed by atoms with Gasteiger partial charge >= 0.3 is 0 Å². The average Bonchev–Trinajstić information content (AvgIpc) is 2.48. The van der Waals surface area contributed by atoms with Crippen LogP contribution in [0, 0.1) is 0 Å². The molecule has 76 valence electrons. The molecule has 1 aromatic rings. The molecule has 1 aliphatic carbocycles. The van der Waals surface area contributed by atoms with E-state index in [-0.39, 0.29) is 11.2 Å². The number of Topliss-reactive ketones (excluding diaryl/α,β-unsaturated/α-hetero) is 1. The van der Waals surface area contributed by atoms with Crippen LogP contribution in [0.25, 0.3) is 0 Å². The maximum Gasteiger partial charge on any atom is 0.182 e. The van der Waals surface area contributed by atoms with E-state index in [1.807, 2.05) is 0 Å². The summed E-state index contributed by atoms with van der Waals surface area (Å²) in [6, 6.07) is 0. The molecule has 1 aliphatic rings. The number of carbonyl (C=O) groups is 1. The Morgan fingerprint density at radius 1 is 1.29 bits per heavy atom. The van der Waals surface area contributed by atoms with Crippen LogP contribution in [-0.2, 0) is 11.8 Å². The quantitative estimate of drug-likeness (QED) is 0.657. The average molecular weight is 209 g/mol. The van der Waals surface area contributed by atoms with Gasteiger partial charge in [-0.3, -0.25) is 4.79 Å². The molecule has 0 amide bonds. The summed E-state index contributed by atoms with van der Waals surface area (Å²) in [6.07, 6.45) is 2.72. The van der Waals surface area contributed by atoms with Crippen molar-refractivity contribution in [2.45, 2.75) is 45.4 Å². The van der Waals surface area contributed by atoms with E-state index in [2.05, 4.69) is 25.8 Å². The molecule has 0 N–H and O–H groups in total. The molecule has 0 unspecified atom stereocenters. The van der Waals surface area contributed by atoms with Crippen molar-refractivity contribution in [3.8, 4) is 0 Å². The first kappa shape index (κ1) is 9.84. The normalized spacial score (nSPS) is 16.9. The zero-order chi connectivity index (χ0) is 10.3. The van der Waals surface area contributed by atoms with E-state index in [1.165, 1.54) is 4.88 Å². The summed E-state index contributed by atoms with van der Waals surface area (Å²) in [5, 5.41) is 1.10. The molecule has 0 radical (unpaired) electrons. The molecule has 0 spiro atoms. The Hall–Kier alpha value is -0.700. The number of rotatable bonds is 0. The summed E-state index contributed by atoms with van der Waals surface area (Å²) < 4.78 is 0. The van der Waals surface area contributed by atoms with E-state index in [4.69, 9.17) is 0 Å². The maximum atomic E-state index is 11.6. The van der Waals surface area contributed by atoms with Crippen molar-refractivity contribution in [2.24, 2.45) is 0 Å². The molecular formula is C11H15NOS. The van der Waals surface area contributed by atoms with Crippen LogP contribution >= 0.6 is 11.3 Å². The molecule has 0 bridgehead atoms. The third-order valence-electron chi connectivity index (χ3n) is 2.41. The topological polar surface area (TPSA) is 30.0 Å². The lowest BCUT2D eigenvalue weighted by molar-refractivity contribution is 0.0968. The molecular weight excluding hydrogens is 194 g/mol. The van der Waals surface area contributed by atoms with Gasteiger partial charge in [0.15, 0.2) is 5.78 Å². The van der Waals surface area contributed by atoms with Crippen LogP contribution in [0.15, 0.2) is 0 Å². The fourth-order valence-electron chi connectivity index (χ4n) is 1.59. The molecule has 0 atom stereocenters. The third-order valence-corrected chi connectivity index (χ3v) is 3.95. The number of carbonyl (C=O) groups excluding carboxylic acids is 1. The lowest BCUT2D eigenvalue weighted by Crippen LogP contribution is -2.12. The predicted octanol–water partition coefficient (Wildman–Crippen LogP) is 2.96. The van der Waals surface area contributed by atoms with Crippen molar-refractivity contribution < 1.29 is 4.79 Å². The predicted molar refractivity (Wildman–Crippen MR) is 58.1 cm³/mol. The maximum absolute atomic E-state index is 11.6. The van der Waals surface area contributed by atoms with Crippen molar-refractivity contribution in [3.05, 3.63) is 15.6 Å². The Labute approximate surface area is 88.4 Å². The second-order valence-corrected chi connectivity index (χ2v) is 5.90. The summed E-state index contributed by atoms with van der Waals surface area (Å²) >= 11 is 1.71. The molecule has 1 aromatic heterocycles. The standard InChI is InChI=1S/C11H15NOS/c1-11(2,3)10-12-9-7(13)5-4-6-8(9)14-10/h4-6H2,1-3H3. The number of fused-ring (bicyclic) bond motifs is 1. The lowest BCUT2D eigenvalue weighted by atomic mass is 9.97. The molecule has 1 heterocycles. The van der Waals surface area contributed by atoms with Crippen molar-refractivity contribution in [3.63, 3.8) is 0 Å². The van der Waals surface area contributed by atoms with Gasteiger partial charge in [-0.1, -0.05) is 20.8 Å². The van der Waals surface area contributed by atoms with Gasteiger partial charge in [-0.15, -0.1) is 11.3 Å². The molecule has 0 saturated heterocycles. The van der Waals surface area contributed by atoms with Gasteiger partial charge in [0.25, 0.3) is 0 Å². The number of hydrogen-bond acceptors (Lipinski definition) is 3. The van der Waals surface area contributed by atoms with E-state index < -0.39 is 0 Å².